The summed E-state index contributed by atoms with van der Waals surface area (Å²) in [5.41, 5.74) is 0.585. The average molecular weight is 394 g/mol. The smallest absolute Gasteiger partial charge is 0.317 e. The van der Waals surface area contributed by atoms with Gasteiger partial charge in [0.25, 0.3) is 0 Å². The monoisotopic (exact) mass is 393 g/mol. The second kappa shape index (κ2) is 6.72. The fourth-order valence-corrected chi connectivity index (χ4v) is 4.85. The number of carbonyl (C=O) groups excluding carboxylic acids is 2. The topological polar surface area (TPSA) is 70.7 Å². The Balaban J connectivity index is 1.36. The number of aryl methyl sites for hydroxylation is 1. The molecule has 4 rings (SSSR count). The lowest BCUT2D eigenvalue weighted by molar-refractivity contribution is -0.119. The molecule has 0 saturated carbocycles. The molecular formula is C18H20ClN3O3S. The van der Waals surface area contributed by atoms with Crippen molar-refractivity contribution < 1.29 is 14.3 Å². The van der Waals surface area contributed by atoms with Crippen LogP contribution in [0.3, 0.4) is 0 Å². The van der Waals surface area contributed by atoms with Crippen molar-refractivity contribution in [1.82, 2.24) is 15.5 Å². The van der Waals surface area contributed by atoms with E-state index in [-0.39, 0.29) is 18.5 Å². The van der Waals surface area contributed by atoms with Gasteiger partial charge in [-0.05, 0) is 36.1 Å². The number of ether oxygens (including phenoxy) is 1. The van der Waals surface area contributed by atoms with Crippen LogP contribution in [-0.2, 0) is 16.1 Å². The number of nitrogens with one attached hydrogen (secondary N) is 2. The molecular weight excluding hydrogens is 374 g/mol. The molecule has 2 saturated heterocycles. The molecule has 0 bridgehead atoms. The molecule has 3 heterocycles. The summed E-state index contributed by atoms with van der Waals surface area (Å²) < 4.78 is 6.75. The molecule has 2 aliphatic heterocycles. The molecule has 2 aromatic rings. The van der Waals surface area contributed by atoms with Crippen LogP contribution in [0.4, 0.5) is 4.79 Å². The Hall–Kier alpha value is -1.83. The highest BCUT2D eigenvalue weighted by Crippen LogP contribution is 2.32. The van der Waals surface area contributed by atoms with E-state index in [4.69, 9.17) is 16.3 Å². The molecule has 0 unspecified atom stereocenters. The predicted molar refractivity (Wildman–Crippen MR) is 101 cm³/mol. The Morgan fingerprint density at radius 1 is 1.42 bits per heavy atom. The molecule has 1 aromatic heterocycles. The number of halogens is 1. The van der Waals surface area contributed by atoms with Crippen LogP contribution >= 0.6 is 22.9 Å². The fraction of sp³-hybridized carbons (Fsp3) is 0.444. The molecule has 26 heavy (non-hydrogen) atoms. The fourth-order valence-electron chi connectivity index (χ4n) is 3.55. The van der Waals surface area contributed by atoms with Crippen molar-refractivity contribution in [3.63, 3.8) is 0 Å². The van der Waals surface area contributed by atoms with Crippen molar-refractivity contribution in [2.24, 2.45) is 0 Å². The first kappa shape index (κ1) is 17.6. The van der Waals surface area contributed by atoms with Gasteiger partial charge in [0.2, 0.25) is 5.91 Å². The minimum atomic E-state index is -0.574. The maximum Gasteiger partial charge on any atom is 0.317 e. The lowest BCUT2D eigenvalue weighted by Crippen LogP contribution is -2.54. The second-order valence-corrected chi connectivity index (χ2v) is 8.34. The van der Waals surface area contributed by atoms with Crippen LogP contribution in [0, 0.1) is 6.92 Å². The lowest BCUT2D eigenvalue weighted by Gasteiger charge is -2.38. The Morgan fingerprint density at radius 2 is 2.19 bits per heavy atom. The number of hydrogen-bond acceptors (Lipinski definition) is 4. The average Bonchev–Trinajstić information content (AvgIpc) is 3.14. The molecule has 1 spiro atoms. The van der Waals surface area contributed by atoms with E-state index in [0.29, 0.717) is 32.5 Å². The van der Waals surface area contributed by atoms with Gasteiger partial charge in [-0.25, -0.2) is 4.79 Å². The van der Waals surface area contributed by atoms with Gasteiger partial charge in [0, 0.05) is 40.5 Å². The molecule has 3 amide bonds. The van der Waals surface area contributed by atoms with E-state index in [1.54, 1.807) is 16.2 Å². The first-order valence-electron chi connectivity index (χ1n) is 8.61. The van der Waals surface area contributed by atoms with Crippen molar-refractivity contribution in [3.05, 3.63) is 33.7 Å². The van der Waals surface area contributed by atoms with Crippen LogP contribution in [0.15, 0.2) is 18.2 Å². The first-order chi connectivity index (χ1) is 12.5. The number of thiophene rings is 1. The number of fused-ring (bicyclic) bond motifs is 1. The third kappa shape index (κ3) is 3.26. The van der Waals surface area contributed by atoms with Gasteiger partial charge >= 0.3 is 6.03 Å². The third-order valence-corrected chi connectivity index (χ3v) is 6.61. The van der Waals surface area contributed by atoms with Gasteiger partial charge in [0.1, 0.15) is 12.3 Å². The van der Waals surface area contributed by atoms with Crippen molar-refractivity contribution in [2.75, 3.05) is 19.7 Å². The number of amides is 3. The van der Waals surface area contributed by atoms with Gasteiger partial charge in [0.05, 0.1) is 6.54 Å². The van der Waals surface area contributed by atoms with Crippen LogP contribution in [0.1, 0.15) is 23.3 Å². The van der Waals surface area contributed by atoms with E-state index < -0.39 is 5.72 Å². The number of nitrogens with zero attached hydrogens (tertiary/aromatic N) is 1. The summed E-state index contributed by atoms with van der Waals surface area (Å²) in [5, 5.41) is 7.75. The van der Waals surface area contributed by atoms with E-state index in [0.717, 1.165) is 20.8 Å². The van der Waals surface area contributed by atoms with Gasteiger partial charge in [-0.15, -0.1) is 11.3 Å². The third-order valence-electron chi connectivity index (χ3n) is 5.10. The maximum atomic E-state index is 12.5. The molecule has 138 valence electrons. The van der Waals surface area contributed by atoms with Gasteiger partial charge in [0.15, 0.2) is 0 Å². The highest BCUT2D eigenvalue weighted by Gasteiger charge is 2.42. The number of rotatable bonds is 2. The number of benzene rings is 1. The van der Waals surface area contributed by atoms with Crippen LogP contribution < -0.4 is 10.6 Å². The Morgan fingerprint density at radius 3 is 2.88 bits per heavy atom. The van der Waals surface area contributed by atoms with E-state index in [1.165, 1.54) is 4.70 Å². The van der Waals surface area contributed by atoms with E-state index in [9.17, 15) is 9.59 Å². The number of carbonyl (C=O) groups is 2. The summed E-state index contributed by atoms with van der Waals surface area (Å²) in [6.07, 6.45) is 1.24. The summed E-state index contributed by atoms with van der Waals surface area (Å²) in [6.45, 7) is 3.79. The second-order valence-electron chi connectivity index (χ2n) is 6.77. The van der Waals surface area contributed by atoms with Crippen molar-refractivity contribution in [1.29, 1.82) is 0 Å². The van der Waals surface area contributed by atoms with Crippen LogP contribution in [-0.4, -0.2) is 42.3 Å². The minimum Gasteiger partial charge on any atom is -0.346 e. The summed E-state index contributed by atoms with van der Waals surface area (Å²) in [4.78, 5) is 26.8. The summed E-state index contributed by atoms with van der Waals surface area (Å²) >= 11 is 7.76. The van der Waals surface area contributed by atoms with E-state index in [1.807, 2.05) is 18.2 Å². The Labute approximate surface area is 160 Å². The molecule has 0 radical (unpaired) electrons. The van der Waals surface area contributed by atoms with Gasteiger partial charge in [-0.2, -0.15) is 0 Å². The zero-order chi connectivity index (χ0) is 18.3. The van der Waals surface area contributed by atoms with Gasteiger partial charge in [-0.3, -0.25) is 4.79 Å². The largest absolute Gasteiger partial charge is 0.346 e. The number of urea groups is 1. The van der Waals surface area contributed by atoms with Crippen LogP contribution in [0.25, 0.3) is 10.1 Å². The molecule has 2 N–H and O–H groups in total. The molecule has 1 aromatic carbocycles. The zero-order valence-corrected chi connectivity index (χ0v) is 16.0. The molecule has 2 aliphatic rings. The van der Waals surface area contributed by atoms with Crippen molar-refractivity contribution >= 4 is 45.0 Å². The number of likely N-dealkylation sites (tertiary alicyclic amines) is 1. The first-order valence-corrected chi connectivity index (χ1v) is 9.80. The highest BCUT2D eigenvalue weighted by atomic mass is 35.5. The van der Waals surface area contributed by atoms with Crippen LogP contribution in [0.2, 0.25) is 5.02 Å². The van der Waals surface area contributed by atoms with E-state index in [2.05, 4.69) is 17.6 Å². The van der Waals surface area contributed by atoms with Crippen molar-refractivity contribution in [2.45, 2.75) is 32.0 Å². The molecule has 8 heteroatoms. The Kier molecular flexibility index (Phi) is 4.54. The predicted octanol–water partition coefficient (Wildman–Crippen LogP) is 3.01. The zero-order valence-electron chi connectivity index (χ0n) is 14.4. The highest BCUT2D eigenvalue weighted by molar-refractivity contribution is 7.19. The summed E-state index contributed by atoms with van der Waals surface area (Å²) in [6, 6.07) is 5.78. The maximum absolute atomic E-state index is 12.5. The molecule has 0 aliphatic carbocycles. The molecule has 0 atom stereocenters. The van der Waals surface area contributed by atoms with Gasteiger partial charge < -0.3 is 20.3 Å². The van der Waals surface area contributed by atoms with Gasteiger partial charge in [-0.1, -0.05) is 11.6 Å². The van der Waals surface area contributed by atoms with Crippen molar-refractivity contribution in [3.8, 4) is 0 Å². The normalized spacial score (nSPS) is 19.2. The summed E-state index contributed by atoms with van der Waals surface area (Å²) in [5.74, 6) is -0.0803. The lowest BCUT2D eigenvalue weighted by atomic mass is 10.0. The molecule has 6 nitrogen and oxygen atoms in total. The summed E-state index contributed by atoms with van der Waals surface area (Å²) in [7, 11) is 0. The standard InChI is InChI=1S/C18H20ClN3O3S/c1-11-13-8-12(19)2-3-14(13)26-15(11)9-20-17(24)22-6-4-18(5-7-22)21-16(23)10-25-18/h2-3,8H,4-7,9-10H2,1H3,(H,20,24)(H,21,23). The SMILES string of the molecule is Cc1c(CNC(=O)N2CCC3(CC2)NC(=O)CO3)sc2ccc(Cl)cc12. The van der Waals surface area contributed by atoms with Crippen LogP contribution in [0.5, 0.6) is 0 Å². The number of hydrogen-bond donors (Lipinski definition) is 2. The Bertz CT molecular complexity index is 874. The van der Waals surface area contributed by atoms with E-state index >= 15 is 0 Å². The molecule has 2 fully saturated rings. The minimum absolute atomic E-state index is 0.0803. The number of piperidine rings is 1. The quantitative estimate of drug-likeness (QED) is 0.823.